The minimum Gasteiger partial charge on any atom is -0.494 e. The maximum absolute atomic E-state index is 12.6. The van der Waals surface area contributed by atoms with Crippen LogP contribution in [0.2, 0.25) is 0 Å². The number of benzene rings is 1. The molecule has 0 saturated heterocycles. The average molecular weight is 403 g/mol. The minimum atomic E-state index is -0.460. The summed E-state index contributed by atoms with van der Waals surface area (Å²) in [6.07, 6.45) is 4.72. The predicted octanol–water partition coefficient (Wildman–Crippen LogP) is 3.17. The van der Waals surface area contributed by atoms with Gasteiger partial charge in [0.25, 0.3) is 0 Å². The van der Waals surface area contributed by atoms with E-state index in [9.17, 15) is 19.7 Å². The van der Waals surface area contributed by atoms with Crippen molar-refractivity contribution in [2.75, 3.05) is 18.5 Å². The van der Waals surface area contributed by atoms with Crippen LogP contribution >= 0.6 is 0 Å². The zero-order valence-corrected chi connectivity index (χ0v) is 16.9. The van der Waals surface area contributed by atoms with Gasteiger partial charge in [-0.2, -0.15) is 0 Å². The van der Waals surface area contributed by atoms with Crippen molar-refractivity contribution in [3.8, 4) is 5.75 Å². The van der Waals surface area contributed by atoms with Gasteiger partial charge < -0.3 is 15.0 Å². The number of aryl methyl sites for hydroxylation is 1. The number of rotatable bonds is 8. The largest absolute Gasteiger partial charge is 0.494 e. The van der Waals surface area contributed by atoms with Gasteiger partial charge in [0.2, 0.25) is 17.9 Å². The smallest absolute Gasteiger partial charge is 0.224 e. The van der Waals surface area contributed by atoms with E-state index < -0.39 is 6.04 Å². The number of hydrogen-bond acceptors (Lipinski definition) is 5. The molecule has 158 valence electrons. The fourth-order valence-electron chi connectivity index (χ4n) is 4.23. The van der Waals surface area contributed by atoms with Gasteiger partial charge in [-0.1, -0.05) is 0 Å². The van der Waals surface area contributed by atoms with Crippen molar-refractivity contribution in [3.63, 3.8) is 0 Å². The van der Waals surface area contributed by atoms with Crippen LogP contribution in [0.15, 0.2) is 18.2 Å². The van der Waals surface area contributed by atoms with Crippen molar-refractivity contribution in [3.05, 3.63) is 33.9 Å². The van der Waals surface area contributed by atoms with Gasteiger partial charge >= 0.3 is 0 Å². The number of amides is 2. The maximum atomic E-state index is 12.6. The van der Waals surface area contributed by atoms with E-state index in [0.29, 0.717) is 64.5 Å². The SMILES string of the molecule is CCN(C(=O)CCCOc1ccc2c(c1)CCC(=O)N2)C1CCC([N+](=O)[O-])CC1. The van der Waals surface area contributed by atoms with Crippen LogP contribution in [0.3, 0.4) is 0 Å². The molecule has 1 N–H and O–H groups in total. The third-order valence-electron chi connectivity index (χ3n) is 5.84. The topological polar surface area (TPSA) is 102 Å². The van der Waals surface area contributed by atoms with Crippen molar-refractivity contribution < 1.29 is 19.2 Å². The van der Waals surface area contributed by atoms with Crippen molar-refractivity contribution in [2.45, 2.75) is 70.4 Å². The van der Waals surface area contributed by atoms with Crippen molar-refractivity contribution in [2.24, 2.45) is 0 Å². The highest BCUT2D eigenvalue weighted by Gasteiger charge is 2.32. The van der Waals surface area contributed by atoms with E-state index in [1.54, 1.807) is 0 Å². The summed E-state index contributed by atoms with van der Waals surface area (Å²) < 4.78 is 5.79. The normalized spacial score (nSPS) is 21.1. The highest BCUT2D eigenvalue weighted by atomic mass is 16.6. The lowest BCUT2D eigenvalue weighted by molar-refractivity contribution is -0.526. The van der Waals surface area contributed by atoms with Gasteiger partial charge in [0.15, 0.2) is 0 Å². The summed E-state index contributed by atoms with van der Waals surface area (Å²) in [5, 5.41) is 13.8. The molecule has 0 aromatic heterocycles. The Morgan fingerprint density at radius 2 is 2.03 bits per heavy atom. The summed E-state index contributed by atoms with van der Waals surface area (Å²) >= 11 is 0. The molecule has 1 fully saturated rings. The predicted molar refractivity (Wildman–Crippen MR) is 109 cm³/mol. The maximum Gasteiger partial charge on any atom is 0.224 e. The molecule has 8 nitrogen and oxygen atoms in total. The standard InChI is InChI=1S/C21H29N3O5/c1-2-23(16-6-8-17(9-7-16)24(27)28)21(26)4-3-13-29-18-10-11-19-15(14-18)5-12-20(25)22-19/h10-11,14,16-17H,2-9,12-13H2,1H3,(H,22,25). The lowest BCUT2D eigenvalue weighted by atomic mass is 9.90. The molecule has 0 radical (unpaired) electrons. The van der Waals surface area contributed by atoms with Gasteiger partial charge in [-0.05, 0) is 56.4 Å². The second kappa shape index (κ2) is 9.71. The molecule has 0 spiro atoms. The number of carbonyl (C=O) groups is 2. The highest BCUT2D eigenvalue weighted by Crippen LogP contribution is 2.27. The molecule has 3 rings (SSSR count). The highest BCUT2D eigenvalue weighted by molar-refractivity contribution is 5.94. The molecule has 1 aromatic carbocycles. The second-order valence-corrected chi connectivity index (χ2v) is 7.75. The first-order valence-electron chi connectivity index (χ1n) is 10.5. The van der Waals surface area contributed by atoms with Gasteiger partial charge in [0.05, 0.1) is 6.61 Å². The molecule has 1 aliphatic heterocycles. The third-order valence-corrected chi connectivity index (χ3v) is 5.84. The van der Waals surface area contributed by atoms with Gasteiger partial charge in [-0.15, -0.1) is 0 Å². The summed E-state index contributed by atoms with van der Waals surface area (Å²) in [6, 6.07) is 5.28. The fraction of sp³-hybridized carbons (Fsp3) is 0.619. The number of carbonyl (C=O) groups excluding carboxylic acids is 2. The van der Waals surface area contributed by atoms with Crippen LogP contribution in [0, 0.1) is 10.1 Å². The molecule has 29 heavy (non-hydrogen) atoms. The Hall–Kier alpha value is -2.64. The first kappa shape index (κ1) is 21.1. The lowest BCUT2D eigenvalue weighted by Gasteiger charge is -2.34. The molecule has 1 saturated carbocycles. The number of hydrogen-bond donors (Lipinski definition) is 1. The quantitative estimate of drug-likeness (QED) is 0.408. The van der Waals surface area contributed by atoms with Gasteiger partial charge in [0.1, 0.15) is 5.75 Å². The Kier molecular flexibility index (Phi) is 7.06. The number of fused-ring (bicyclic) bond motifs is 1. The molecule has 2 amide bonds. The van der Waals surface area contributed by atoms with E-state index in [-0.39, 0.29) is 22.8 Å². The molecular formula is C21H29N3O5. The van der Waals surface area contributed by atoms with Crippen molar-refractivity contribution in [1.29, 1.82) is 0 Å². The van der Waals surface area contributed by atoms with Gasteiger partial charge in [-0.3, -0.25) is 19.7 Å². The van der Waals surface area contributed by atoms with Crippen molar-refractivity contribution in [1.82, 2.24) is 4.90 Å². The number of ether oxygens (including phenoxy) is 1. The second-order valence-electron chi connectivity index (χ2n) is 7.75. The van der Waals surface area contributed by atoms with E-state index in [1.165, 1.54) is 0 Å². The van der Waals surface area contributed by atoms with E-state index in [4.69, 9.17) is 4.74 Å². The average Bonchev–Trinajstić information content (AvgIpc) is 2.72. The number of nitrogens with one attached hydrogen (secondary N) is 1. The Morgan fingerprint density at radius 3 is 2.72 bits per heavy atom. The number of nitro groups is 1. The summed E-state index contributed by atoms with van der Waals surface area (Å²) in [5.41, 5.74) is 1.91. The summed E-state index contributed by atoms with van der Waals surface area (Å²) in [5.74, 6) is 0.878. The van der Waals surface area contributed by atoms with Crippen LogP contribution in [-0.4, -0.2) is 46.9 Å². The first-order chi connectivity index (χ1) is 14.0. The molecule has 1 heterocycles. The van der Waals surface area contributed by atoms with Crippen LogP contribution in [0.4, 0.5) is 5.69 Å². The van der Waals surface area contributed by atoms with E-state index in [2.05, 4.69) is 5.32 Å². The molecular weight excluding hydrogens is 374 g/mol. The summed E-state index contributed by atoms with van der Waals surface area (Å²) in [4.78, 5) is 36.6. The lowest BCUT2D eigenvalue weighted by Crippen LogP contribution is -2.43. The molecule has 1 aromatic rings. The first-order valence-corrected chi connectivity index (χ1v) is 10.5. The van der Waals surface area contributed by atoms with E-state index >= 15 is 0 Å². The Labute approximate surface area is 170 Å². The van der Waals surface area contributed by atoms with Gasteiger partial charge in [0, 0.05) is 48.9 Å². The monoisotopic (exact) mass is 403 g/mol. The number of anilines is 1. The van der Waals surface area contributed by atoms with Crippen LogP contribution in [0.5, 0.6) is 5.75 Å². The fourth-order valence-corrected chi connectivity index (χ4v) is 4.23. The Morgan fingerprint density at radius 1 is 1.28 bits per heavy atom. The zero-order chi connectivity index (χ0) is 20.8. The van der Waals surface area contributed by atoms with Gasteiger partial charge in [-0.25, -0.2) is 0 Å². The molecule has 1 aliphatic carbocycles. The molecule has 0 atom stereocenters. The van der Waals surface area contributed by atoms with Crippen LogP contribution in [-0.2, 0) is 16.0 Å². The van der Waals surface area contributed by atoms with Crippen LogP contribution in [0.25, 0.3) is 0 Å². The summed E-state index contributed by atoms with van der Waals surface area (Å²) in [6.45, 7) is 3.03. The minimum absolute atomic E-state index is 0.0389. The van der Waals surface area contributed by atoms with Crippen LogP contribution in [0.1, 0.15) is 57.4 Å². The van der Waals surface area contributed by atoms with E-state index in [1.807, 2.05) is 30.0 Å². The van der Waals surface area contributed by atoms with E-state index in [0.717, 1.165) is 17.0 Å². The summed E-state index contributed by atoms with van der Waals surface area (Å²) in [7, 11) is 0. The molecule has 2 aliphatic rings. The molecule has 0 unspecified atom stereocenters. The van der Waals surface area contributed by atoms with Crippen molar-refractivity contribution >= 4 is 17.5 Å². The Balaban J connectivity index is 1.42. The number of nitrogens with zero attached hydrogens (tertiary/aromatic N) is 2. The molecule has 0 bridgehead atoms. The zero-order valence-electron chi connectivity index (χ0n) is 16.9. The third kappa shape index (κ3) is 5.46. The Bertz CT molecular complexity index is 759. The van der Waals surface area contributed by atoms with Crippen LogP contribution < -0.4 is 10.1 Å². The molecule has 8 heteroatoms.